The first-order valence-electron chi connectivity index (χ1n) is 10.2. The number of amides is 1. The van der Waals surface area contributed by atoms with Crippen LogP contribution in [0, 0.1) is 30.6 Å². The van der Waals surface area contributed by atoms with Crippen LogP contribution in [0.2, 0.25) is 0 Å². The quantitative estimate of drug-likeness (QED) is 0.673. The van der Waals surface area contributed by atoms with E-state index < -0.39 is 0 Å². The summed E-state index contributed by atoms with van der Waals surface area (Å²) < 4.78 is 5.27. The lowest BCUT2D eigenvalue weighted by Gasteiger charge is -2.39. The van der Waals surface area contributed by atoms with Gasteiger partial charge in [-0.2, -0.15) is 0 Å². The standard InChI is InChI=1S/C23H30N2O2S/c1-14-18(15(2)27-25-14)13-28-19-9-7-6-8-17(19)21(26)24-20-12-16-10-11-23(20,5)22(16,3)4/h6-9,16,20H,10-13H2,1-5H3,(H,24,26)/t16-,20-,23-/m0/s1. The molecular formula is C23H30N2O2S. The van der Waals surface area contributed by atoms with Gasteiger partial charge < -0.3 is 9.84 Å². The Labute approximate surface area is 171 Å². The summed E-state index contributed by atoms with van der Waals surface area (Å²) in [6.07, 6.45) is 3.60. The highest BCUT2D eigenvalue weighted by Gasteiger charge is 2.61. The van der Waals surface area contributed by atoms with Gasteiger partial charge in [0.05, 0.1) is 11.3 Å². The van der Waals surface area contributed by atoms with Gasteiger partial charge in [-0.25, -0.2) is 0 Å². The first-order valence-corrected chi connectivity index (χ1v) is 11.2. The molecule has 4 rings (SSSR count). The fraction of sp³-hybridized carbons (Fsp3) is 0.565. The minimum absolute atomic E-state index is 0.0523. The summed E-state index contributed by atoms with van der Waals surface area (Å²) >= 11 is 1.67. The number of carbonyl (C=O) groups is 1. The Balaban J connectivity index is 1.50. The lowest BCUT2D eigenvalue weighted by molar-refractivity contribution is 0.0823. The second kappa shape index (κ2) is 6.94. The Kier molecular flexibility index (Phi) is 4.85. The summed E-state index contributed by atoms with van der Waals surface area (Å²) in [6.45, 7) is 11.0. The van der Waals surface area contributed by atoms with E-state index in [4.69, 9.17) is 4.52 Å². The monoisotopic (exact) mass is 398 g/mol. The fourth-order valence-electron chi connectivity index (χ4n) is 5.30. The molecule has 2 bridgehead atoms. The van der Waals surface area contributed by atoms with Gasteiger partial charge >= 0.3 is 0 Å². The molecule has 2 aliphatic carbocycles. The number of carbonyl (C=O) groups excluding carboxylic acids is 1. The Hall–Kier alpha value is -1.75. The molecule has 0 radical (unpaired) electrons. The zero-order valence-electron chi connectivity index (χ0n) is 17.5. The van der Waals surface area contributed by atoms with Crippen LogP contribution in [0.15, 0.2) is 33.7 Å². The number of aryl methyl sites for hydroxylation is 2. The first-order chi connectivity index (χ1) is 13.2. The average molecular weight is 399 g/mol. The largest absolute Gasteiger partial charge is 0.361 e. The Morgan fingerprint density at radius 2 is 2.04 bits per heavy atom. The maximum Gasteiger partial charge on any atom is 0.252 e. The summed E-state index contributed by atoms with van der Waals surface area (Å²) in [4.78, 5) is 14.2. The molecule has 28 heavy (non-hydrogen) atoms. The van der Waals surface area contributed by atoms with E-state index in [-0.39, 0.29) is 17.4 Å². The summed E-state index contributed by atoms with van der Waals surface area (Å²) in [6, 6.07) is 8.17. The molecule has 4 nitrogen and oxygen atoms in total. The Bertz CT molecular complexity index is 884. The minimum Gasteiger partial charge on any atom is -0.361 e. The molecule has 0 spiro atoms. The van der Waals surface area contributed by atoms with Crippen molar-refractivity contribution < 1.29 is 9.32 Å². The molecule has 1 heterocycles. The Morgan fingerprint density at radius 1 is 1.29 bits per heavy atom. The molecule has 0 aliphatic heterocycles. The van der Waals surface area contributed by atoms with Crippen LogP contribution < -0.4 is 5.32 Å². The van der Waals surface area contributed by atoms with E-state index in [0.29, 0.717) is 11.3 Å². The van der Waals surface area contributed by atoms with Crippen LogP contribution in [0.5, 0.6) is 0 Å². The second-order valence-corrected chi connectivity index (χ2v) is 10.2. The molecule has 2 fully saturated rings. The average Bonchev–Trinajstić information content (AvgIpc) is 3.17. The van der Waals surface area contributed by atoms with E-state index in [9.17, 15) is 4.79 Å². The zero-order chi connectivity index (χ0) is 20.1. The van der Waals surface area contributed by atoms with Gasteiger partial charge in [0.25, 0.3) is 5.91 Å². The third kappa shape index (κ3) is 2.99. The second-order valence-electron chi connectivity index (χ2n) is 9.22. The SMILES string of the molecule is Cc1noc(C)c1CSc1ccccc1C(=O)N[C@H]1C[C@@H]2CC[C@]1(C)C2(C)C. The van der Waals surface area contributed by atoms with Crippen LogP contribution >= 0.6 is 11.8 Å². The lowest BCUT2D eigenvalue weighted by atomic mass is 9.69. The predicted octanol–water partition coefficient (Wildman–Crippen LogP) is 5.53. The minimum atomic E-state index is 0.0523. The van der Waals surface area contributed by atoms with Crippen molar-refractivity contribution in [2.24, 2.45) is 16.7 Å². The van der Waals surface area contributed by atoms with E-state index >= 15 is 0 Å². The zero-order valence-corrected chi connectivity index (χ0v) is 18.3. The lowest BCUT2D eigenvalue weighted by Crippen LogP contribution is -2.47. The molecule has 0 unspecified atom stereocenters. The molecule has 2 aromatic rings. The van der Waals surface area contributed by atoms with E-state index in [1.807, 2.05) is 38.1 Å². The van der Waals surface area contributed by atoms with Crippen LogP contribution in [0.1, 0.15) is 67.4 Å². The predicted molar refractivity (Wildman–Crippen MR) is 112 cm³/mol. The van der Waals surface area contributed by atoms with Crippen LogP contribution in [0.3, 0.4) is 0 Å². The summed E-state index contributed by atoms with van der Waals surface area (Å²) in [5, 5.41) is 7.43. The van der Waals surface area contributed by atoms with Crippen molar-refractivity contribution in [3.63, 3.8) is 0 Å². The first kappa shape index (κ1) is 19.6. The molecule has 0 saturated heterocycles. The van der Waals surface area contributed by atoms with Crippen molar-refractivity contribution in [2.75, 3.05) is 0 Å². The van der Waals surface area contributed by atoms with Crippen molar-refractivity contribution >= 4 is 17.7 Å². The third-order valence-electron chi connectivity index (χ3n) is 7.78. The third-order valence-corrected chi connectivity index (χ3v) is 8.88. The van der Waals surface area contributed by atoms with Gasteiger partial charge in [-0.05, 0) is 62.0 Å². The molecule has 2 aliphatic rings. The fourth-order valence-corrected chi connectivity index (χ4v) is 6.50. The van der Waals surface area contributed by atoms with Gasteiger partial charge in [-0.1, -0.05) is 38.1 Å². The van der Waals surface area contributed by atoms with E-state index in [1.54, 1.807) is 11.8 Å². The number of fused-ring (bicyclic) bond motifs is 2. The Morgan fingerprint density at radius 3 is 2.64 bits per heavy atom. The number of hydrogen-bond acceptors (Lipinski definition) is 4. The molecule has 1 aromatic heterocycles. The van der Waals surface area contributed by atoms with Gasteiger partial charge in [0, 0.05) is 22.3 Å². The maximum atomic E-state index is 13.2. The van der Waals surface area contributed by atoms with E-state index in [2.05, 4.69) is 31.2 Å². The van der Waals surface area contributed by atoms with Crippen molar-refractivity contribution in [3.05, 3.63) is 46.8 Å². The van der Waals surface area contributed by atoms with Gasteiger partial charge in [0.1, 0.15) is 5.76 Å². The molecular weight excluding hydrogens is 368 g/mol. The molecule has 1 aromatic carbocycles. The smallest absolute Gasteiger partial charge is 0.252 e. The van der Waals surface area contributed by atoms with Crippen molar-refractivity contribution in [1.82, 2.24) is 10.5 Å². The summed E-state index contributed by atoms with van der Waals surface area (Å²) in [5.41, 5.74) is 3.28. The number of hydrogen-bond donors (Lipinski definition) is 1. The highest BCUT2D eigenvalue weighted by molar-refractivity contribution is 7.98. The number of benzene rings is 1. The summed E-state index contributed by atoms with van der Waals surface area (Å²) in [7, 11) is 0. The van der Waals surface area contributed by atoms with Crippen molar-refractivity contribution in [2.45, 2.75) is 70.6 Å². The highest BCUT2D eigenvalue weighted by Crippen LogP contribution is 2.65. The van der Waals surface area contributed by atoms with E-state index in [0.717, 1.165) is 39.7 Å². The van der Waals surface area contributed by atoms with Crippen LogP contribution in [0.25, 0.3) is 0 Å². The molecule has 3 atom stereocenters. The number of nitrogens with one attached hydrogen (secondary N) is 1. The topological polar surface area (TPSA) is 55.1 Å². The normalized spacial score (nSPS) is 27.9. The number of aromatic nitrogens is 1. The highest BCUT2D eigenvalue weighted by atomic mass is 32.2. The molecule has 2 saturated carbocycles. The van der Waals surface area contributed by atoms with Crippen LogP contribution in [-0.4, -0.2) is 17.1 Å². The van der Waals surface area contributed by atoms with Crippen LogP contribution in [0.4, 0.5) is 0 Å². The van der Waals surface area contributed by atoms with E-state index in [1.165, 1.54) is 12.8 Å². The number of rotatable bonds is 5. The van der Waals surface area contributed by atoms with Gasteiger partial charge in [-0.3, -0.25) is 4.79 Å². The molecule has 1 N–H and O–H groups in total. The van der Waals surface area contributed by atoms with Crippen LogP contribution in [-0.2, 0) is 5.75 Å². The van der Waals surface area contributed by atoms with Gasteiger partial charge in [-0.15, -0.1) is 11.8 Å². The molecule has 1 amide bonds. The summed E-state index contributed by atoms with van der Waals surface area (Å²) in [5.74, 6) is 2.37. The van der Waals surface area contributed by atoms with Crippen molar-refractivity contribution in [1.29, 1.82) is 0 Å². The van der Waals surface area contributed by atoms with Gasteiger partial charge in [0.2, 0.25) is 0 Å². The molecule has 5 heteroatoms. The number of thioether (sulfide) groups is 1. The number of nitrogens with zero attached hydrogens (tertiary/aromatic N) is 1. The van der Waals surface area contributed by atoms with Crippen molar-refractivity contribution in [3.8, 4) is 0 Å². The molecule has 150 valence electrons. The maximum absolute atomic E-state index is 13.2. The van der Waals surface area contributed by atoms with Gasteiger partial charge in [0.15, 0.2) is 0 Å².